The molecular weight excluding hydrogens is 382 g/mol. The van der Waals surface area contributed by atoms with Crippen molar-refractivity contribution in [1.29, 1.82) is 0 Å². The van der Waals surface area contributed by atoms with Gasteiger partial charge in [-0.3, -0.25) is 4.79 Å². The lowest BCUT2D eigenvalue weighted by atomic mass is 10.1. The smallest absolute Gasteiger partial charge is 0.229 e. The van der Waals surface area contributed by atoms with E-state index in [4.69, 9.17) is 9.72 Å². The second-order valence-corrected chi connectivity index (χ2v) is 8.48. The molecule has 1 fully saturated rings. The number of aryl methyl sites for hydroxylation is 1. The molecule has 0 unspecified atom stereocenters. The number of amides is 1. The Morgan fingerprint density at radius 1 is 1.21 bits per heavy atom. The Kier molecular flexibility index (Phi) is 5.83. The summed E-state index contributed by atoms with van der Waals surface area (Å²) in [5.74, 6) is 0.136. The fourth-order valence-corrected chi connectivity index (χ4v) is 4.87. The van der Waals surface area contributed by atoms with Gasteiger partial charge in [-0.15, -0.1) is 11.3 Å². The van der Waals surface area contributed by atoms with Crippen LogP contribution < -0.4 is 0 Å². The molecule has 4 rings (SSSR count). The first-order valence-electron chi connectivity index (χ1n) is 10.1. The van der Waals surface area contributed by atoms with Crippen molar-refractivity contribution in [1.82, 2.24) is 14.5 Å². The first-order chi connectivity index (χ1) is 14.0. The quantitative estimate of drug-likeness (QED) is 0.633. The maximum absolute atomic E-state index is 12.5. The Morgan fingerprint density at radius 3 is 2.66 bits per heavy atom. The highest BCUT2D eigenvalue weighted by molar-refractivity contribution is 7.10. The average Bonchev–Trinajstić information content (AvgIpc) is 3.32. The summed E-state index contributed by atoms with van der Waals surface area (Å²) in [7, 11) is 0. The van der Waals surface area contributed by atoms with Crippen molar-refractivity contribution < 1.29 is 9.53 Å². The van der Waals surface area contributed by atoms with Gasteiger partial charge in [0.2, 0.25) is 5.91 Å². The zero-order valence-corrected chi connectivity index (χ0v) is 18.0. The van der Waals surface area contributed by atoms with Crippen molar-refractivity contribution in [2.24, 2.45) is 0 Å². The first-order valence-corrected chi connectivity index (χ1v) is 11.0. The first kappa shape index (κ1) is 19.9. The lowest BCUT2D eigenvalue weighted by molar-refractivity contribution is -0.134. The zero-order valence-electron chi connectivity index (χ0n) is 17.2. The predicted octanol–water partition coefficient (Wildman–Crippen LogP) is 4.24. The van der Waals surface area contributed by atoms with Crippen LogP contribution in [-0.4, -0.2) is 46.7 Å². The molecule has 3 heterocycles. The molecule has 2 aromatic heterocycles. The minimum Gasteiger partial charge on any atom is -0.378 e. The molecule has 152 valence electrons. The lowest BCUT2D eigenvalue weighted by Gasteiger charge is -2.26. The predicted molar refractivity (Wildman–Crippen MR) is 116 cm³/mol. The molecule has 0 N–H and O–H groups in total. The summed E-state index contributed by atoms with van der Waals surface area (Å²) in [4.78, 5) is 19.2. The zero-order chi connectivity index (χ0) is 20.4. The number of carbonyl (C=O) groups is 1. The monoisotopic (exact) mass is 409 g/mol. The Hall–Kier alpha value is -2.44. The molecule has 0 radical (unpaired) electrons. The number of morpholine rings is 1. The highest BCUT2D eigenvalue weighted by atomic mass is 32.1. The molecule has 0 bridgehead atoms. The van der Waals surface area contributed by atoms with Gasteiger partial charge in [-0.2, -0.15) is 0 Å². The van der Waals surface area contributed by atoms with E-state index < -0.39 is 0 Å². The highest BCUT2D eigenvalue weighted by Crippen LogP contribution is 2.32. The molecule has 6 heteroatoms. The van der Waals surface area contributed by atoms with E-state index in [2.05, 4.69) is 61.1 Å². The minimum absolute atomic E-state index is 0.136. The third kappa shape index (κ3) is 4.14. The number of hydrogen-bond acceptors (Lipinski definition) is 4. The maximum Gasteiger partial charge on any atom is 0.229 e. The molecule has 0 aliphatic carbocycles. The molecule has 3 aromatic rings. The van der Waals surface area contributed by atoms with Crippen LogP contribution in [0.1, 0.15) is 34.9 Å². The maximum atomic E-state index is 12.5. The second kappa shape index (κ2) is 8.51. The topological polar surface area (TPSA) is 47.4 Å². The van der Waals surface area contributed by atoms with Crippen LogP contribution in [0.25, 0.3) is 11.3 Å². The molecule has 1 saturated heterocycles. The minimum atomic E-state index is 0.136. The number of thiazole rings is 1. The van der Waals surface area contributed by atoms with Crippen molar-refractivity contribution >= 4 is 17.2 Å². The number of ether oxygens (including phenoxy) is 1. The van der Waals surface area contributed by atoms with Crippen LogP contribution in [0.3, 0.4) is 0 Å². The van der Waals surface area contributed by atoms with Gasteiger partial charge in [0.25, 0.3) is 0 Å². The summed E-state index contributed by atoms with van der Waals surface area (Å²) < 4.78 is 7.69. The molecule has 29 heavy (non-hydrogen) atoms. The van der Waals surface area contributed by atoms with Crippen LogP contribution in [0, 0.1) is 13.8 Å². The Labute approximate surface area is 176 Å². The molecule has 1 amide bonds. The van der Waals surface area contributed by atoms with E-state index in [1.165, 1.54) is 17.0 Å². The summed E-state index contributed by atoms with van der Waals surface area (Å²) in [6, 6.07) is 13.0. The molecule has 5 nitrogen and oxygen atoms in total. The van der Waals surface area contributed by atoms with Gasteiger partial charge in [-0.1, -0.05) is 30.3 Å². The van der Waals surface area contributed by atoms with Crippen LogP contribution in [0.2, 0.25) is 0 Å². The van der Waals surface area contributed by atoms with Gasteiger partial charge >= 0.3 is 0 Å². The van der Waals surface area contributed by atoms with E-state index in [9.17, 15) is 4.79 Å². The number of aromatic nitrogens is 2. The fourth-order valence-electron chi connectivity index (χ4n) is 4.08. The van der Waals surface area contributed by atoms with Gasteiger partial charge in [0.1, 0.15) is 5.01 Å². The standard InChI is InChI=1S/C23H27N3O2S/c1-16-13-20(18(3)26(16)17(2)19-7-5-4-6-8-19)21-15-29-22(24-21)14-23(27)25-9-11-28-12-10-25/h4-8,13,15,17H,9-12,14H2,1-3H3/t17-/m1/s1. The number of rotatable bonds is 5. The van der Waals surface area contributed by atoms with E-state index in [0.29, 0.717) is 32.7 Å². The summed E-state index contributed by atoms with van der Waals surface area (Å²) in [6.07, 6.45) is 0.365. The van der Waals surface area contributed by atoms with Gasteiger partial charge in [-0.25, -0.2) is 4.98 Å². The van der Waals surface area contributed by atoms with E-state index in [-0.39, 0.29) is 11.9 Å². The molecule has 1 aliphatic heterocycles. The Morgan fingerprint density at radius 2 is 1.93 bits per heavy atom. The average molecular weight is 410 g/mol. The van der Waals surface area contributed by atoms with E-state index >= 15 is 0 Å². The van der Waals surface area contributed by atoms with Crippen molar-refractivity contribution in [2.75, 3.05) is 26.3 Å². The van der Waals surface area contributed by atoms with Gasteiger partial charge in [-0.05, 0) is 32.4 Å². The third-order valence-corrected chi connectivity index (χ3v) is 6.50. The summed E-state index contributed by atoms with van der Waals surface area (Å²) >= 11 is 1.57. The van der Waals surface area contributed by atoms with Gasteiger partial charge in [0.05, 0.1) is 31.4 Å². The summed E-state index contributed by atoms with van der Waals surface area (Å²) in [5.41, 5.74) is 5.81. The van der Waals surface area contributed by atoms with E-state index in [0.717, 1.165) is 16.3 Å². The van der Waals surface area contributed by atoms with Gasteiger partial charge < -0.3 is 14.2 Å². The molecular formula is C23H27N3O2S. The highest BCUT2D eigenvalue weighted by Gasteiger charge is 2.21. The summed E-state index contributed by atoms with van der Waals surface area (Å²) in [5, 5.41) is 2.94. The number of carbonyl (C=O) groups excluding carboxylic acids is 1. The Balaban J connectivity index is 1.54. The normalized spacial score (nSPS) is 15.5. The molecule has 1 atom stereocenters. The molecule has 0 spiro atoms. The number of hydrogen-bond donors (Lipinski definition) is 0. The lowest BCUT2D eigenvalue weighted by Crippen LogP contribution is -2.41. The van der Waals surface area contributed by atoms with Gasteiger partial charge in [0.15, 0.2) is 0 Å². The summed E-state index contributed by atoms with van der Waals surface area (Å²) in [6.45, 7) is 9.13. The van der Waals surface area contributed by atoms with Crippen LogP contribution in [0.4, 0.5) is 0 Å². The van der Waals surface area contributed by atoms with Crippen molar-refractivity contribution in [2.45, 2.75) is 33.2 Å². The number of benzene rings is 1. The molecule has 1 aliphatic rings. The third-order valence-electron chi connectivity index (χ3n) is 5.65. The van der Waals surface area contributed by atoms with Crippen molar-refractivity contribution in [3.63, 3.8) is 0 Å². The van der Waals surface area contributed by atoms with Crippen LogP contribution in [0.5, 0.6) is 0 Å². The van der Waals surface area contributed by atoms with Crippen LogP contribution >= 0.6 is 11.3 Å². The van der Waals surface area contributed by atoms with E-state index in [1.54, 1.807) is 11.3 Å². The van der Waals surface area contributed by atoms with Crippen molar-refractivity contribution in [3.05, 3.63) is 63.7 Å². The number of nitrogens with zero attached hydrogens (tertiary/aromatic N) is 3. The second-order valence-electron chi connectivity index (χ2n) is 7.54. The van der Waals surface area contributed by atoms with Crippen LogP contribution in [0.15, 0.2) is 41.8 Å². The van der Waals surface area contributed by atoms with Gasteiger partial charge in [0, 0.05) is 35.4 Å². The molecule has 0 saturated carbocycles. The van der Waals surface area contributed by atoms with Crippen molar-refractivity contribution in [3.8, 4) is 11.3 Å². The van der Waals surface area contributed by atoms with Crippen LogP contribution in [-0.2, 0) is 16.0 Å². The largest absolute Gasteiger partial charge is 0.378 e. The Bertz CT molecular complexity index is 987. The SMILES string of the molecule is Cc1cc(-c2csc(CC(=O)N3CCOCC3)n2)c(C)n1[C@H](C)c1ccccc1. The van der Waals surface area contributed by atoms with E-state index in [1.807, 2.05) is 11.0 Å². The molecule has 1 aromatic carbocycles. The fraction of sp³-hybridized carbons (Fsp3) is 0.391.